The maximum atomic E-state index is 13.8. The van der Waals surface area contributed by atoms with E-state index in [9.17, 15) is 35.9 Å². The van der Waals surface area contributed by atoms with Gasteiger partial charge in [-0.2, -0.15) is 26.3 Å². The molecule has 2 amide bonds. The van der Waals surface area contributed by atoms with E-state index in [2.05, 4.69) is 15.6 Å². The molecular formula is C24H19F6N3O2. The van der Waals surface area contributed by atoms with E-state index in [4.69, 9.17) is 0 Å². The Morgan fingerprint density at radius 1 is 1.14 bits per heavy atom. The molecule has 0 spiro atoms. The second kappa shape index (κ2) is 8.54. The van der Waals surface area contributed by atoms with E-state index in [1.165, 1.54) is 25.1 Å². The molecule has 4 rings (SSSR count). The minimum Gasteiger partial charge on any atom is -0.348 e. The molecule has 0 fully saturated rings. The fourth-order valence-corrected chi connectivity index (χ4v) is 4.19. The lowest BCUT2D eigenvalue weighted by Gasteiger charge is -2.38. The van der Waals surface area contributed by atoms with E-state index >= 15 is 0 Å². The summed E-state index contributed by atoms with van der Waals surface area (Å²) in [5, 5.41) is 5.16. The third kappa shape index (κ3) is 4.80. The molecule has 1 aromatic heterocycles. The lowest BCUT2D eigenvalue weighted by molar-refractivity contribution is -0.139. The smallest absolute Gasteiger partial charge is 0.348 e. The standard InChI is InChI=1S/C24H19F6N3O2/c1-22(8-6-15(7-9-22)23(25,26)27)19(18-17(24(28,29)30)3-2-10-31-18)33-20(34)13-4-5-16-14(11-13)12-32-21(16)35/h2-8,10-11,19H,9,12H2,1H3,(H,32,35)(H,33,34). The van der Waals surface area contributed by atoms with Crippen LogP contribution in [0.4, 0.5) is 26.3 Å². The Hall–Kier alpha value is -3.63. The Morgan fingerprint density at radius 2 is 1.89 bits per heavy atom. The summed E-state index contributed by atoms with van der Waals surface area (Å²) in [7, 11) is 0. The van der Waals surface area contributed by atoms with Gasteiger partial charge >= 0.3 is 12.4 Å². The zero-order chi connectivity index (χ0) is 25.6. The average Bonchev–Trinajstić information content (AvgIpc) is 3.16. The number of hydrogen-bond donors (Lipinski definition) is 2. The maximum absolute atomic E-state index is 13.8. The molecule has 5 nitrogen and oxygen atoms in total. The van der Waals surface area contributed by atoms with Gasteiger partial charge < -0.3 is 10.6 Å². The molecular weight excluding hydrogens is 476 g/mol. The summed E-state index contributed by atoms with van der Waals surface area (Å²) in [6.07, 6.45) is -5.75. The van der Waals surface area contributed by atoms with Gasteiger partial charge in [-0.1, -0.05) is 25.2 Å². The predicted octanol–water partition coefficient (Wildman–Crippen LogP) is 5.27. The Balaban J connectivity index is 1.74. The number of aromatic nitrogens is 1. The zero-order valence-electron chi connectivity index (χ0n) is 18.2. The first-order valence-electron chi connectivity index (χ1n) is 10.5. The topological polar surface area (TPSA) is 71.1 Å². The minimum absolute atomic E-state index is 0.0876. The van der Waals surface area contributed by atoms with Gasteiger partial charge in [0, 0.05) is 29.3 Å². The SMILES string of the molecule is CC1(C(NC(=O)c2ccc3c(c2)CNC3=O)c2ncccc2C(F)(F)F)C=CC(C(F)(F)F)=CC1. The van der Waals surface area contributed by atoms with E-state index in [1.54, 1.807) is 0 Å². The molecule has 0 saturated carbocycles. The van der Waals surface area contributed by atoms with E-state index in [0.717, 1.165) is 36.6 Å². The normalized spacial score (nSPS) is 20.7. The molecule has 0 radical (unpaired) electrons. The van der Waals surface area contributed by atoms with Gasteiger partial charge in [-0.25, -0.2) is 0 Å². The molecule has 11 heteroatoms. The number of allylic oxidation sites excluding steroid dienone is 3. The number of carbonyl (C=O) groups excluding carboxylic acids is 2. The van der Waals surface area contributed by atoms with Gasteiger partial charge in [0.2, 0.25) is 0 Å². The predicted molar refractivity (Wildman–Crippen MR) is 113 cm³/mol. The molecule has 184 valence electrons. The van der Waals surface area contributed by atoms with Crippen LogP contribution < -0.4 is 10.6 Å². The Morgan fingerprint density at radius 3 is 2.51 bits per heavy atom. The summed E-state index contributed by atoms with van der Waals surface area (Å²) >= 11 is 0. The highest BCUT2D eigenvalue weighted by Gasteiger charge is 2.44. The van der Waals surface area contributed by atoms with Crippen LogP contribution in [-0.2, 0) is 12.7 Å². The van der Waals surface area contributed by atoms with Crippen LogP contribution >= 0.6 is 0 Å². The highest BCUT2D eigenvalue weighted by atomic mass is 19.4. The van der Waals surface area contributed by atoms with Crippen LogP contribution in [0.15, 0.2) is 60.3 Å². The van der Waals surface area contributed by atoms with Crippen molar-refractivity contribution in [3.8, 4) is 0 Å². The van der Waals surface area contributed by atoms with Crippen molar-refractivity contribution < 1.29 is 35.9 Å². The lowest BCUT2D eigenvalue weighted by Crippen LogP contribution is -2.41. The number of amides is 2. The number of rotatable bonds is 4. The summed E-state index contributed by atoms with van der Waals surface area (Å²) in [5.41, 5.74) is -2.87. The zero-order valence-corrected chi connectivity index (χ0v) is 18.2. The molecule has 0 bridgehead atoms. The number of nitrogens with zero attached hydrogens (tertiary/aromatic N) is 1. The molecule has 0 saturated heterocycles. The largest absolute Gasteiger partial charge is 0.418 e. The number of fused-ring (bicyclic) bond motifs is 1. The van der Waals surface area contributed by atoms with Crippen LogP contribution in [0.5, 0.6) is 0 Å². The van der Waals surface area contributed by atoms with Crippen molar-refractivity contribution in [2.75, 3.05) is 0 Å². The number of benzene rings is 1. The first kappa shape index (κ1) is 24.5. The van der Waals surface area contributed by atoms with Crippen molar-refractivity contribution in [2.24, 2.45) is 5.41 Å². The summed E-state index contributed by atoms with van der Waals surface area (Å²) in [4.78, 5) is 28.8. The summed E-state index contributed by atoms with van der Waals surface area (Å²) in [5.74, 6) is -1.06. The van der Waals surface area contributed by atoms with Gasteiger partial charge in [0.25, 0.3) is 11.8 Å². The van der Waals surface area contributed by atoms with Gasteiger partial charge in [-0.3, -0.25) is 14.6 Å². The number of nitrogens with one attached hydrogen (secondary N) is 2. The number of pyridine rings is 1. The molecule has 2 atom stereocenters. The quantitative estimate of drug-likeness (QED) is 0.568. The highest BCUT2D eigenvalue weighted by Crippen LogP contribution is 2.46. The van der Waals surface area contributed by atoms with Crippen molar-refractivity contribution in [3.05, 3.63) is 88.3 Å². The number of alkyl halides is 6. The highest BCUT2D eigenvalue weighted by molar-refractivity contribution is 6.01. The van der Waals surface area contributed by atoms with E-state index in [0.29, 0.717) is 11.1 Å². The van der Waals surface area contributed by atoms with Crippen molar-refractivity contribution in [2.45, 2.75) is 38.3 Å². The fourth-order valence-electron chi connectivity index (χ4n) is 4.19. The van der Waals surface area contributed by atoms with Gasteiger partial charge in [-0.05, 0) is 42.3 Å². The molecule has 1 aromatic carbocycles. The maximum Gasteiger partial charge on any atom is 0.418 e. The monoisotopic (exact) mass is 495 g/mol. The van der Waals surface area contributed by atoms with Gasteiger partial charge in [0.1, 0.15) is 0 Å². The Labute approximate surface area is 195 Å². The van der Waals surface area contributed by atoms with Crippen molar-refractivity contribution in [3.63, 3.8) is 0 Å². The van der Waals surface area contributed by atoms with E-state index in [-0.39, 0.29) is 24.4 Å². The van der Waals surface area contributed by atoms with Crippen LogP contribution in [0.3, 0.4) is 0 Å². The summed E-state index contributed by atoms with van der Waals surface area (Å²) in [6.45, 7) is 1.65. The van der Waals surface area contributed by atoms with Gasteiger partial charge in [-0.15, -0.1) is 0 Å². The lowest BCUT2D eigenvalue weighted by atomic mass is 9.73. The van der Waals surface area contributed by atoms with Crippen LogP contribution in [0.1, 0.15) is 56.9 Å². The first-order valence-corrected chi connectivity index (χ1v) is 10.5. The molecule has 2 aromatic rings. The molecule has 2 heterocycles. The van der Waals surface area contributed by atoms with Crippen LogP contribution in [-0.4, -0.2) is 23.0 Å². The van der Waals surface area contributed by atoms with E-state index in [1.807, 2.05) is 0 Å². The van der Waals surface area contributed by atoms with Crippen molar-refractivity contribution in [1.82, 2.24) is 15.6 Å². The minimum atomic E-state index is -4.81. The van der Waals surface area contributed by atoms with Crippen LogP contribution in [0.25, 0.3) is 0 Å². The Kier molecular flexibility index (Phi) is 5.98. The van der Waals surface area contributed by atoms with Crippen molar-refractivity contribution >= 4 is 11.8 Å². The molecule has 2 unspecified atom stereocenters. The molecule has 1 aliphatic carbocycles. The molecule has 1 aliphatic heterocycles. The fraction of sp³-hybridized carbons (Fsp3) is 0.292. The number of halogens is 6. The molecule has 35 heavy (non-hydrogen) atoms. The third-order valence-electron chi connectivity index (χ3n) is 6.14. The second-order valence-electron chi connectivity index (χ2n) is 8.60. The van der Waals surface area contributed by atoms with Crippen LogP contribution in [0.2, 0.25) is 0 Å². The summed E-state index contributed by atoms with van der Waals surface area (Å²) in [6, 6.07) is 4.73. The Bertz CT molecular complexity index is 1250. The van der Waals surface area contributed by atoms with Gasteiger partial charge in [0.15, 0.2) is 0 Å². The number of hydrogen-bond acceptors (Lipinski definition) is 3. The molecule has 2 N–H and O–H groups in total. The molecule has 2 aliphatic rings. The average molecular weight is 495 g/mol. The van der Waals surface area contributed by atoms with Crippen LogP contribution in [0, 0.1) is 5.41 Å². The second-order valence-corrected chi connectivity index (χ2v) is 8.60. The van der Waals surface area contributed by atoms with E-state index < -0.39 is 46.5 Å². The van der Waals surface area contributed by atoms with Crippen molar-refractivity contribution in [1.29, 1.82) is 0 Å². The third-order valence-corrected chi connectivity index (χ3v) is 6.14. The number of carbonyl (C=O) groups is 2. The first-order chi connectivity index (χ1) is 16.3. The summed E-state index contributed by atoms with van der Waals surface area (Å²) < 4.78 is 80.8. The van der Waals surface area contributed by atoms with Gasteiger partial charge in [0.05, 0.1) is 22.9 Å².